The highest BCUT2D eigenvalue weighted by Gasteiger charge is 2.50. The van der Waals surface area contributed by atoms with Crippen LogP contribution in [0.5, 0.6) is 0 Å². The lowest BCUT2D eigenvalue weighted by Gasteiger charge is -2.16. The molecule has 0 aliphatic heterocycles. The fourth-order valence-corrected chi connectivity index (χ4v) is 1.18. The maximum absolute atomic E-state index is 11.5. The summed E-state index contributed by atoms with van der Waals surface area (Å²) >= 11 is 0. The smallest absolute Gasteiger partial charge is 0.240 e. The standard InChI is InChI=1S/C9H14N2O3/c1-14-5-7(4-12)11-8(13)9(6-10)2-3-9/h7,12H,2-5H2,1H3,(H,11,13). The monoisotopic (exact) mass is 198 g/mol. The van der Waals surface area contributed by atoms with Crippen LogP contribution in [0.15, 0.2) is 0 Å². The SMILES string of the molecule is COCC(CO)NC(=O)C1(C#N)CC1. The first-order valence-electron chi connectivity index (χ1n) is 4.50. The summed E-state index contributed by atoms with van der Waals surface area (Å²) in [6.45, 7) is 0.0742. The molecule has 78 valence electrons. The Hall–Kier alpha value is -1.12. The minimum Gasteiger partial charge on any atom is -0.394 e. The fourth-order valence-electron chi connectivity index (χ4n) is 1.18. The molecule has 1 amide bonds. The number of rotatable bonds is 5. The van der Waals surface area contributed by atoms with Crippen LogP contribution in [0.1, 0.15) is 12.8 Å². The zero-order chi connectivity index (χ0) is 10.6. The van der Waals surface area contributed by atoms with E-state index in [4.69, 9.17) is 15.1 Å². The van der Waals surface area contributed by atoms with Crippen molar-refractivity contribution in [3.8, 4) is 6.07 Å². The van der Waals surface area contributed by atoms with E-state index in [9.17, 15) is 4.79 Å². The summed E-state index contributed by atoms with van der Waals surface area (Å²) in [4.78, 5) is 11.5. The van der Waals surface area contributed by atoms with Gasteiger partial charge in [-0.15, -0.1) is 0 Å². The molecule has 1 atom stereocenters. The number of nitrogens with one attached hydrogen (secondary N) is 1. The molecule has 2 N–H and O–H groups in total. The van der Waals surface area contributed by atoms with Crippen LogP contribution >= 0.6 is 0 Å². The van der Waals surface area contributed by atoms with Gasteiger partial charge in [0, 0.05) is 7.11 Å². The van der Waals surface area contributed by atoms with Crippen molar-refractivity contribution in [3.63, 3.8) is 0 Å². The third-order valence-electron chi connectivity index (χ3n) is 2.32. The summed E-state index contributed by atoms with van der Waals surface area (Å²) in [6, 6.07) is 1.57. The molecule has 0 heterocycles. The van der Waals surface area contributed by atoms with Gasteiger partial charge in [0.15, 0.2) is 0 Å². The van der Waals surface area contributed by atoms with Crippen molar-refractivity contribution < 1.29 is 14.6 Å². The maximum Gasteiger partial charge on any atom is 0.240 e. The Bertz CT molecular complexity index is 255. The summed E-state index contributed by atoms with van der Waals surface area (Å²) < 4.78 is 4.80. The molecule has 0 aromatic carbocycles. The lowest BCUT2D eigenvalue weighted by atomic mass is 10.1. The van der Waals surface area contributed by atoms with Crippen LogP contribution in [0.4, 0.5) is 0 Å². The van der Waals surface area contributed by atoms with Crippen LogP contribution in [0.2, 0.25) is 0 Å². The van der Waals surface area contributed by atoms with E-state index < -0.39 is 11.5 Å². The molecule has 0 bridgehead atoms. The minimum absolute atomic E-state index is 0.179. The summed E-state index contributed by atoms with van der Waals surface area (Å²) in [5.74, 6) is -0.295. The Morgan fingerprint density at radius 2 is 2.43 bits per heavy atom. The number of carbonyl (C=O) groups is 1. The predicted molar refractivity (Wildman–Crippen MR) is 48.2 cm³/mol. The Kier molecular flexibility index (Phi) is 3.44. The molecular weight excluding hydrogens is 184 g/mol. The lowest BCUT2D eigenvalue weighted by Crippen LogP contribution is -2.44. The van der Waals surface area contributed by atoms with E-state index in [1.165, 1.54) is 7.11 Å². The summed E-state index contributed by atoms with van der Waals surface area (Å²) in [6.07, 6.45) is 1.22. The number of nitriles is 1. The summed E-state index contributed by atoms with van der Waals surface area (Å²) in [5, 5.41) is 20.2. The summed E-state index contributed by atoms with van der Waals surface area (Å²) in [5.41, 5.74) is -0.832. The second kappa shape index (κ2) is 4.40. The van der Waals surface area contributed by atoms with E-state index in [1.54, 1.807) is 0 Å². The van der Waals surface area contributed by atoms with Crippen molar-refractivity contribution in [3.05, 3.63) is 0 Å². The van der Waals surface area contributed by atoms with Gasteiger partial charge in [-0.25, -0.2) is 0 Å². The first-order chi connectivity index (χ1) is 6.68. The number of methoxy groups -OCH3 is 1. The van der Waals surface area contributed by atoms with Gasteiger partial charge in [-0.2, -0.15) is 5.26 Å². The normalized spacial score (nSPS) is 19.5. The van der Waals surface area contributed by atoms with E-state index >= 15 is 0 Å². The molecule has 1 aliphatic rings. The average molecular weight is 198 g/mol. The largest absolute Gasteiger partial charge is 0.394 e. The number of hydrogen-bond acceptors (Lipinski definition) is 4. The number of hydrogen-bond donors (Lipinski definition) is 2. The van der Waals surface area contributed by atoms with Gasteiger partial charge in [0.1, 0.15) is 5.41 Å². The topological polar surface area (TPSA) is 82.3 Å². The number of aliphatic hydroxyl groups excluding tert-OH is 1. The number of ether oxygens (including phenoxy) is 1. The van der Waals surface area contributed by atoms with Gasteiger partial charge < -0.3 is 15.2 Å². The van der Waals surface area contributed by atoms with Crippen LogP contribution in [0.3, 0.4) is 0 Å². The van der Waals surface area contributed by atoms with Crippen molar-refractivity contribution in [1.29, 1.82) is 5.26 Å². The molecule has 1 fully saturated rings. The molecule has 0 aromatic rings. The minimum atomic E-state index is -0.832. The summed E-state index contributed by atoms with van der Waals surface area (Å²) in [7, 11) is 1.49. The first-order valence-corrected chi connectivity index (χ1v) is 4.50. The van der Waals surface area contributed by atoms with Gasteiger partial charge in [-0.3, -0.25) is 4.79 Å². The Labute approximate surface area is 82.7 Å². The van der Waals surface area contributed by atoms with Gasteiger partial charge in [-0.05, 0) is 12.8 Å². The average Bonchev–Trinajstić information content (AvgIpc) is 2.97. The number of aliphatic hydroxyl groups is 1. The number of nitrogens with zero attached hydrogens (tertiary/aromatic N) is 1. The highest BCUT2D eigenvalue weighted by Crippen LogP contribution is 2.45. The molecule has 1 rings (SSSR count). The highest BCUT2D eigenvalue weighted by molar-refractivity contribution is 5.88. The third-order valence-corrected chi connectivity index (χ3v) is 2.32. The Morgan fingerprint density at radius 3 is 2.79 bits per heavy atom. The zero-order valence-corrected chi connectivity index (χ0v) is 8.12. The second-order valence-corrected chi connectivity index (χ2v) is 3.50. The molecule has 1 unspecified atom stereocenters. The Morgan fingerprint density at radius 1 is 1.79 bits per heavy atom. The van der Waals surface area contributed by atoms with Crippen LogP contribution in [0, 0.1) is 16.7 Å². The van der Waals surface area contributed by atoms with Gasteiger partial charge in [0.05, 0.1) is 25.3 Å². The van der Waals surface area contributed by atoms with Crippen LogP contribution in [-0.2, 0) is 9.53 Å². The molecule has 5 nitrogen and oxygen atoms in total. The van der Waals surface area contributed by atoms with Crippen LogP contribution in [0.25, 0.3) is 0 Å². The molecular formula is C9H14N2O3. The highest BCUT2D eigenvalue weighted by atomic mass is 16.5. The zero-order valence-electron chi connectivity index (χ0n) is 8.12. The Balaban J connectivity index is 2.43. The van der Waals surface area contributed by atoms with E-state index in [2.05, 4.69) is 5.32 Å². The molecule has 14 heavy (non-hydrogen) atoms. The molecule has 0 radical (unpaired) electrons. The molecule has 0 spiro atoms. The maximum atomic E-state index is 11.5. The van der Waals surface area contributed by atoms with Crippen molar-refractivity contribution in [2.75, 3.05) is 20.3 Å². The van der Waals surface area contributed by atoms with Gasteiger partial charge in [0.2, 0.25) is 5.91 Å². The number of carbonyl (C=O) groups excluding carboxylic acids is 1. The molecule has 0 aromatic heterocycles. The fraction of sp³-hybridized carbons (Fsp3) is 0.778. The lowest BCUT2D eigenvalue weighted by molar-refractivity contribution is -0.125. The van der Waals surface area contributed by atoms with Crippen LogP contribution < -0.4 is 5.32 Å². The van der Waals surface area contributed by atoms with Crippen LogP contribution in [-0.4, -0.2) is 37.4 Å². The molecule has 1 saturated carbocycles. The van der Waals surface area contributed by atoms with E-state index in [-0.39, 0.29) is 19.1 Å². The van der Waals surface area contributed by atoms with Gasteiger partial charge in [0.25, 0.3) is 0 Å². The second-order valence-electron chi connectivity index (χ2n) is 3.50. The number of amides is 1. The molecule has 0 saturated heterocycles. The van der Waals surface area contributed by atoms with Crippen molar-refractivity contribution >= 4 is 5.91 Å². The third kappa shape index (κ3) is 2.22. The molecule has 5 heteroatoms. The van der Waals surface area contributed by atoms with E-state index in [1.807, 2.05) is 6.07 Å². The predicted octanol–water partition coefficient (Wildman–Crippen LogP) is -0.586. The van der Waals surface area contributed by atoms with E-state index in [0.29, 0.717) is 12.8 Å². The van der Waals surface area contributed by atoms with Gasteiger partial charge in [-0.1, -0.05) is 0 Å². The van der Waals surface area contributed by atoms with Gasteiger partial charge >= 0.3 is 0 Å². The van der Waals surface area contributed by atoms with E-state index in [0.717, 1.165) is 0 Å². The quantitative estimate of drug-likeness (QED) is 0.618. The van der Waals surface area contributed by atoms with Crippen molar-refractivity contribution in [2.45, 2.75) is 18.9 Å². The first kappa shape index (κ1) is 11.0. The van der Waals surface area contributed by atoms with Crippen molar-refractivity contribution in [1.82, 2.24) is 5.32 Å². The van der Waals surface area contributed by atoms with Crippen molar-refractivity contribution in [2.24, 2.45) is 5.41 Å². The molecule has 1 aliphatic carbocycles.